The van der Waals surface area contributed by atoms with E-state index in [-0.39, 0.29) is 19.4 Å². The minimum atomic E-state index is -1.34. The number of rotatable bonds is 10. The molecular weight excluding hydrogens is 306 g/mol. The second-order valence-electron chi connectivity index (χ2n) is 6.37. The summed E-state index contributed by atoms with van der Waals surface area (Å²) < 4.78 is 5.56. The fourth-order valence-electron chi connectivity index (χ4n) is 1.97. The van der Waals surface area contributed by atoms with Gasteiger partial charge in [0.05, 0.1) is 21.1 Å². The van der Waals surface area contributed by atoms with Crippen molar-refractivity contribution < 1.29 is 33.5 Å². The number of aliphatic carboxylic acids is 1. The summed E-state index contributed by atoms with van der Waals surface area (Å²) in [5, 5.41) is 13.2. The van der Waals surface area contributed by atoms with Gasteiger partial charge in [-0.1, -0.05) is 0 Å². The standard InChI is InChI=1S/C14H25N3O6/c1-9(18)16-11(5-6-12(15)19)14(22)23-10(7-13(20)21)8-17(2,3)4/h10-11H,5-8H2,1-4H3,(H3-,15,16,18,19,20,21)/t10?,11-/m1/s1. The number of amides is 2. The summed E-state index contributed by atoms with van der Waals surface area (Å²) >= 11 is 0. The van der Waals surface area contributed by atoms with Crippen molar-refractivity contribution in [2.75, 3.05) is 27.7 Å². The third-order valence-electron chi connectivity index (χ3n) is 2.77. The average Bonchev–Trinajstić information content (AvgIpc) is 2.30. The number of carbonyl (C=O) groups excluding carboxylic acids is 4. The summed E-state index contributed by atoms with van der Waals surface area (Å²) in [6, 6.07) is -1.06. The van der Waals surface area contributed by atoms with E-state index in [4.69, 9.17) is 10.5 Å². The Hall–Kier alpha value is -2.16. The molecule has 0 radical (unpaired) electrons. The summed E-state index contributed by atoms with van der Waals surface area (Å²) in [5.41, 5.74) is 5.03. The van der Waals surface area contributed by atoms with Crippen LogP contribution in [0.3, 0.4) is 0 Å². The van der Waals surface area contributed by atoms with Gasteiger partial charge >= 0.3 is 5.97 Å². The molecule has 9 heteroatoms. The van der Waals surface area contributed by atoms with Crippen molar-refractivity contribution in [3.05, 3.63) is 0 Å². The molecule has 0 heterocycles. The lowest BCUT2D eigenvalue weighted by atomic mass is 10.1. The van der Waals surface area contributed by atoms with Gasteiger partial charge in [0.15, 0.2) is 6.10 Å². The highest BCUT2D eigenvalue weighted by molar-refractivity contribution is 5.84. The topological polar surface area (TPSA) is 139 Å². The molecule has 3 N–H and O–H groups in total. The van der Waals surface area contributed by atoms with E-state index < -0.39 is 42.3 Å². The van der Waals surface area contributed by atoms with Crippen LogP contribution < -0.4 is 16.2 Å². The van der Waals surface area contributed by atoms with Gasteiger partial charge in [0.1, 0.15) is 12.6 Å². The number of ether oxygens (including phenoxy) is 1. The van der Waals surface area contributed by atoms with Gasteiger partial charge in [-0.3, -0.25) is 9.59 Å². The lowest BCUT2D eigenvalue weighted by molar-refractivity contribution is -0.873. The first-order valence-electron chi connectivity index (χ1n) is 7.17. The molecule has 9 nitrogen and oxygen atoms in total. The average molecular weight is 331 g/mol. The fourth-order valence-corrected chi connectivity index (χ4v) is 1.97. The Kier molecular flexibility index (Phi) is 8.23. The van der Waals surface area contributed by atoms with E-state index in [2.05, 4.69) is 5.32 Å². The SMILES string of the molecule is CC(=O)N[C@H](CCC(N)=O)C(=O)OC(CC(=O)[O-])C[N+](C)(C)C. The van der Waals surface area contributed by atoms with Crippen molar-refractivity contribution in [2.45, 2.75) is 38.3 Å². The molecule has 2 amide bonds. The van der Waals surface area contributed by atoms with Gasteiger partial charge in [-0.2, -0.15) is 0 Å². The van der Waals surface area contributed by atoms with E-state index in [0.29, 0.717) is 4.48 Å². The van der Waals surface area contributed by atoms with Crippen molar-refractivity contribution >= 4 is 23.8 Å². The Balaban J connectivity index is 4.94. The van der Waals surface area contributed by atoms with Crippen LogP contribution in [0.5, 0.6) is 0 Å². The van der Waals surface area contributed by atoms with Gasteiger partial charge < -0.3 is 30.2 Å². The summed E-state index contributed by atoms with van der Waals surface area (Å²) in [4.78, 5) is 44.9. The van der Waals surface area contributed by atoms with Gasteiger partial charge in [-0.05, 0) is 6.42 Å². The van der Waals surface area contributed by atoms with Crippen molar-refractivity contribution in [3.63, 3.8) is 0 Å². The minimum absolute atomic E-state index is 0.0177. The number of nitrogens with one attached hydrogen (secondary N) is 1. The molecule has 0 bridgehead atoms. The van der Waals surface area contributed by atoms with E-state index in [9.17, 15) is 24.3 Å². The highest BCUT2D eigenvalue weighted by Crippen LogP contribution is 2.08. The predicted octanol–water partition coefficient (Wildman–Crippen LogP) is -2.49. The fraction of sp³-hybridized carbons (Fsp3) is 0.714. The molecule has 0 saturated heterocycles. The number of carboxylic acid groups (broad SMARTS) is 1. The molecule has 0 rings (SSSR count). The molecule has 0 aliphatic carbocycles. The van der Waals surface area contributed by atoms with Crippen LogP contribution in [0.15, 0.2) is 0 Å². The van der Waals surface area contributed by atoms with E-state index in [1.54, 1.807) is 0 Å². The lowest BCUT2D eigenvalue weighted by Crippen LogP contribution is -2.48. The number of nitrogens with zero attached hydrogens (tertiary/aromatic N) is 1. The van der Waals surface area contributed by atoms with E-state index >= 15 is 0 Å². The zero-order valence-electron chi connectivity index (χ0n) is 14.0. The molecule has 0 aromatic heterocycles. The first kappa shape index (κ1) is 20.8. The van der Waals surface area contributed by atoms with E-state index in [0.717, 1.165) is 0 Å². The Morgan fingerprint density at radius 1 is 1.22 bits per heavy atom. The second kappa shape index (κ2) is 9.09. The van der Waals surface area contributed by atoms with Crippen molar-refractivity contribution in [3.8, 4) is 0 Å². The Morgan fingerprint density at radius 2 is 1.78 bits per heavy atom. The smallest absolute Gasteiger partial charge is 0.329 e. The van der Waals surface area contributed by atoms with Crippen molar-refractivity contribution in [1.29, 1.82) is 0 Å². The molecule has 0 aromatic rings. The number of esters is 1. The Bertz CT molecular complexity index is 458. The molecule has 2 atom stereocenters. The largest absolute Gasteiger partial charge is 0.550 e. The first-order valence-corrected chi connectivity index (χ1v) is 7.17. The third kappa shape index (κ3) is 11.1. The van der Waals surface area contributed by atoms with Gasteiger partial charge in [0.2, 0.25) is 11.8 Å². The molecule has 0 saturated carbocycles. The molecule has 0 aromatic carbocycles. The Morgan fingerprint density at radius 3 is 2.17 bits per heavy atom. The maximum Gasteiger partial charge on any atom is 0.329 e. The number of carboxylic acids is 1. The number of hydrogen-bond donors (Lipinski definition) is 2. The Labute approximate surface area is 135 Å². The van der Waals surface area contributed by atoms with Gasteiger partial charge in [0.25, 0.3) is 0 Å². The zero-order valence-corrected chi connectivity index (χ0v) is 14.0. The van der Waals surface area contributed by atoms with Crippen LogP contribution in [-0.4, -0.2) is 68.1 Å². The number of hydrogen-bond acceptors (Lipinski definition) is 6. The molecule has 0 aliphatic heterocycles. The normalized spacial score (nSPS) is 13.7. The molecule has 1 unspecified atom stereocenters. The number of primary amides is 1. The maximum absolute atomic E-state index is 12.2. The van der Waals surface area contributed by atoms with Crippen molar-refractivity contribution in [2.24, 2.45) is 5.73 Å². The first-order chi connectivity index (χ1) is 10.4. The third-order valence-corrected chi connectivity index (χ3v) is 2.77. The van der Waals surface area contributed by atoms with Crippen LogP contribution in [0.25, 0.3) is 0 Å². The van der Waals surface area contributed by atoms with Crippen LogP contribution >= 0.6 is 0 Å². The quantitative estimate of drug-likeness (QED) is 0.335. The molecule has 0 spiro atoms. The van der Waals surface area contributed by atoms with Crippen molar-refractivity contribution in [1.82, 2.24) is 5.32 Å². The summed E-state index contributed by atoms with van der Waals surface area (Å²) in [5.74, 6) is -3.24. The molecular formula is C14H25N3O6. The number of nitrogens with two attached hydrogens (primary N) is 1. The molecule has 0 aliphatic rings. The molecule has 132 valence electrons. The maximum atomic E-state index is 12.2. The van der Waals surface area contributed by atoms with Crippen LogP contribution in [-0.2, 0) is 23.9 Å². The number of carbonyl (C=O) groups is 4. The summed E-state index contributed by atoms with van der Waals surface area (Å²) in [6.07, 6.45) is -1.49. The molecule has 0 fully saturated rings. The number of quaternary nitrogens is 1. The minimum Gasteiger partial charge on any atom is -0.550 e. The highest BCUT2D eigenvalue weighted by Gasteiger charge is 2.27. The highest BCUT2D eigenvalue weighted by atomic mass is 16.5. The zero-order chi connectivity index (χ0) is 18.2. The monoisotopic (exact) mass is 331 g/mol. The van der Waals surface area contributed by atoms with Gasteiger partial charge in [-0.25, -0.2) is 4.79 Å². The van der Waals surface area contributed by atoms with E-state index in [1.807, 2.05) is 21.1 Å². The van der Waals surface area contributed by atoms with Gasteiger partial charge in [0, 0.05) is 25.7 Å². The van der Waals surface area contributed by atoms with Crippen LogP contribution in [0, 0.1) is 0 Å². The summed E-state index contributed by atoms with van der Waals surface area (Å²) in [6.45, 7) is 1.47. The summed E-state index contributed by atoms with van der Waals surface area (Å²) in [7, 11) is 5.44. The second-order valence-corrected chi connectivity index (χ2v) is 6.37. The molecule has 23 heavy (non-hydrogen) atoms. The lowest BCUT2D eigenvalue weighted by Gasteiger charge is -2.30. The van der Waals surface area contributed by atoms with Gasteiger partial charge in [-0.15, -0.1) is 0 Å². The van der Waals surface area contributed by atoms with Crippen LogP contribution in [0.1, 0.15) is 26.2 Å². The predicted molar refractivity (Wildman–Crippen MR) is 78.4 cm³/mol. The van der Waals surface area contributed by atoms with Crippen LogP contribution in [0.4, 0.5) is 0 Å². The van der Waals surface area contributed by atoms with Crippen LogP contribution in [0.2, 0.25) is 0 Å². The number of likely N-dealkylation sites (N-methyl/N-ethyl adjacent to an activating group) is 1. The van der Waals surface area contributed by atoms with E-state index in [1.165, 1.54) is 6.92 Å².